The first-order chi connectivity index (χ1) is 8.75. The van der Waals surface area contributed by atoms with Gasteiger partial charge in [0.25, 0.3) is 0 Å². The predicted octanol–water partition coefficient (Wildman–Crippen LogP) is 1.24. The van der Waals surface area contributed by atoms with Crippen LogP contribution >= 0.6 is 0 Å². The molecule has 0 spiro atoms. The minimum Gasteiger partial charge on any atom is -0.384 e. The van der Waals surface area contributed by atoms with Crippen molar-refractivity contribution in [2.24, 2.45) is 0 Å². The van der Waals surface area contributed by atoms with Crippen molar-refractivity contribution in [1.29, 1.82) is 0 Å². The Morgan fingerprint density at radius 3 is 2.78 bits per heavy atom. The predicted molar refractivity (Wildman–Crippen MR) is 69.6 cm³/mol. The van der Waals surface area contributed by atoms with Gasteiger partial charge in [-0.05, 0) is 12.0 Å². The van der Waals surface area contributed by atoms with Gasteiger partial charge in [0.05, 0.1) is 6.20 Å². The van der Waals surface area contributed by atoms with Crippen molar-refractivity contribution in [2.45, 2.75) is 19.4 Å². The Balaban J connectivity index is 1.75. The van der Waals surface area contributed by atoms with Gasteiger partial charge in [0, 0.05) is 18.5 Å². The number of carbonyl (C=O) groups is 1. The summed E-state index contributed by atoms with van der Waals surface area (Å²) in [6, 6.07) is 9.94. The van der Waals surface area contributed by atoms with Gasteiger partial charge >= 0.3 is 0 Å². The lowest BCUT2D eigenvalue weighted by molar-refractivity contribution is -0.121. The monoisotopic (exact) mass is 244 g/mol. The van der Waals surface area contributed by atoms with E-state index >= 15 is 0 Å². The number of aryl methyl sites for hydroxylation is 1. The number of nitrogens with zero attached hydrogens (tertiary/aromatic N) is 1. The molecule has 5 nitrogen and oxygen atoms in total. The molecule has 0 aliphatic heterocycles. The number of carbonyl (C=O) groups excluding carboxylic acids is 1. The minimum absolute atomic E-state index is 0.0134. The van der Waals surface area contributed by atoms with E-state index in [0.29, 0.717) is 18.8 Å². The molecule has 1 aromatic heterocycles. The van der Waals surface area contributed by atoms with Crippen molar-refractivity contribution in [3.05, 3.63) is 47.7 Å². The van der Waals surface area contributed by atoms with Gasteiger partial charge < -0.3 is 11.1 Å². The molecule has 0 aliphatic rings. The third-order valence-electron chi connectivity index (χ3n) is 2.71. The molecule has 18 heavy (non-hydrogen) atoms. The summed E-state index contributed by atoms with van der Waals surface area (Å²) in [6.45, 7) is 0.413. The van der Waals surface area contributed by atoms with Crippen LogP contribution in [0.3, 0.4) is 0 Å². The van der Waals surface area contributed by atoms with Crippen LogP contribution in [0.4, 0.5) is 5.82 Å². The van der Waals surface area contributed by atoms with E-state index in [0.717, 1.165) is 17.5 Å². The van der Waals surface area contributed by atoms with Crippen LogP contribution in [0, 0.1) is 0 Å². The van der Waals surface area contributed by atoms with Crippen LogP contribution in [0.1, 0.15) is 17.5 Å². The summed E-state index contributed by atoms with van der Waals surface area (Å²) in [5.41, 5.74) is 7.59. The Kier molecular flexibility index (Phi) is 3.96. The number of benzene rings is 1. The SMILES string of the molecule is Nc1[nH]ncc1CNC(=O)CCc1ccccc1. The van der Waals surface area contributed by atoms with Crippen LogP contribution in [-0.4, -0.2) is 16.1 Å². The molecule has 0 radical (unpaired) electrons. The second-order valence-electron chi connectivity index (χ2n) is 4.07. The number of nitrogen functional groups attached to an aromatic ring is 1. The average Bonchev–Trinajstić information content (AvgIpc) is 2.81. The van der Waals surface area contributed by atoms with Gasteiger partial charge in [-0.2, -0.15) is 5.10 Å². The maximum atomic E-state index is 11.6. The molecule has 1 amide bonds. The summed E-state index contributed by atoms with van der Waals surface area (Å²) in [6.07, 6.45) is 2.84. The molecule has 1 heterocycles. The Hall–Kier alpha value is -2.30. The Bertz CT molecular complexity index is 507. The molecule has 0 unspecified atom stereocenters. The molecule has 2 aromatic rings. The Morgan fingerprint density at radius 1 is 1.33 bits per heavy atom. The molecular weight excluding hydrogens is 228 g/mol. The van der Waals surface area contributed by atoms with E-state index in [4.69, 9.17) is 5.73 Å². The fourth-order valence-electron chi connectivity index (χ4n) is 1.65. The maximum absolute atomic E-state index is 11.6. The highest BCUT2D eigenvalue weighted by molar-refractivity contribution is 5.76. The van der Waals surface area contributed by atoms with Gasteiger partial charge in [0.2, 0.25) is 5.91 Å². The molecule has 0 saturated carbocycles. The van der Waals surface area contributed by atoms with Crippen LogP contribution in [0.15, 0.2) is 36.5 Å². The number of nitrogens with two attached hydrogens (primary N) is 1. The van der Waals surface area contributed by atoms with Crippen molar-refractivity contribution in [3.63, 3.8) is 0 Å². The van der Waals surface area contributed by atoms with Gasteiger partial charge in [-0.15, -0.1) is 0 Å². The van der Waals surface area contributed by atoms with E-state index in [-0.39, 0.29) is 5.91 Å². The van der Waals surface area contributed by atoms with Crippen molar-refractivity contribution >= 4 is 11.7 Å². The zero-order valence-electron chi connectivity index (χ0n) is 10.0. The second kappa shape index (κ2) is 5.86. The zero-order valence-corrected chi connectivity index (χ0v) is 10.0. The van der Waals surface area contributed by atoms with Gasteiger partial charge in [0.1, 0.15) is 5.82 Å². The van der Waals surface area contributed by atoms with Crippen LogP contribution in [0.25, 0.3) is 0 Å². The molecule has 1 aromatic carbocycles. The molecule has 2 rings (SSSR count). The lowest BCUT2D eigenvalue weighted by Gasteiger charge is -2.04. The van der Waals surface area contributed by atoms with E-state index in [1.165, 1.54) is 0 Å². The minimum atomic E-state index is 0.0134. The van der Waals surface area contributed by atoms with Gasteiger partial charge in [0.15, 0.2) is 0 Å². The van der Waals surface area contributed by atoms with Crippen molar-refractivity contribution < 1.29 is 4.79 Å². The molecule has 94 valence electrons. The Morgan fingerprint density at radius 2 is 2.11 bits per heavy atom. The van der Waals surface area contributed by atoms with Crippen molar-refractivity contribution in [2.75, 3.05) is 5.73 Å². The molecule has 4 N–H and O–H groups in total. The summed E-state index contributed by atoms with van der Waals surface area (Å²) < 4.78 is 0. The quantitative estimate of drug-likeness (QED) is 0.740. The number of hydrogen-bond acceptors (Lipinski definition) is 3. The topological polar surface area (TPSA) is 83.8 Å². The van der Waals surface area contributed by atoms with Crippen LogP contribution < -0.4 is 11.1 Å². The maximum Gasteiger partial charge on any atom is 0.220 e. The third-order valence-corrected chi connectivity index (χ3v) is 2.71. The van der Waals surface area contributed by atoms with Crippen LogP contribution in [0.2, 0.25) is 0 Å². The number of rotatable bonds is 5. The van der Waals surface area contributed by atoms with E-state index in [1.807, 2.05) is 30.3 Å². The molecule has 0 saturated heterocycles. The van der Waals surface area contributed by atoms with Crippen LogP contribution in [-0.2, 0) is 17.8 Å². The lowest BCUT2D eigenvalue weighted by Crippen LogP contribution is -2.23. The Labute approximate surface area is 105 Å². The summed E-state index contributed by atoms with van der Waals surface area (Å²) in [5, 5.41) is 9.24. The fraction of sp³-hybridized carbons (Fsp3) is 0.231. The molecule has 0 atom stereocenters. The first-order valence-corrected chi connectivity index (χ1v) is 5.84. The molecular formula is C13H16N4O. The molecule has 0 bridgehead atoms. The van der Waals surface area contributed by atoms with E-state index < -0.39 is 0 Å². The average molecular weight is 244 g/mol. The smallest absolute Gasteiger partial charge is 0.220 e. The number of amides is 1. The zero-order chi connectivity index (χ0) is 12.8. The van der Waals surface area contributed by atoms with E-state index in [2.05, 4.69) is 15.5 Å². The van der Waals surface area contributed by atoms with Gasteiger partial charge in [-0.3, -0.25) is 9.89 Å². The number of anilines is 1. The second-order valence-corrected chi connectivity index (χ2v) is 4.07. The molecule has 0 aliphatic carbocycles. The first-order valence-electron chi connectivity index (χ1n) is 5.84. The summed E-state index contributed by atoms with van der Waals surface area (Å²) in [5.74, 6) is 0.512. The van der Waals surface area contributed by atoms with Crippen LogP contribution in [0.5, 0.6) is 0 Å². The van der Waals surface area contributed by atoms with E-state index in [9.17, 15) is 4.79 Å². The normalized spacial score (nSPS) is 10.2. The standard InChI is InChI=1S/C13H16N4O/c14-13-11(9-16-17-13)8-15-12(18)7-6-10-4-2-1-3-5-10/h1-5,9H,6-8H2,(H,15,18)(H3,14,16,17). The molecule has 0 fully saturated rings. The number of nitrogens with one attached hydrogen (secondary N) is 2. The summed E-state index contributed by atoms with van der Waals surface area (Å²) in [4.78, 5) is 11.6. The van der Waals surface area contributed by atoms with Crippen molar-refractivity contribution in [1.82, 2.24) is 15.5 Å². The van der Waals surface area contributed by atoms with Gasteiger partial charge in [-0.1, -0.05) is 30.3 Å². The number of aromatic nitrogens is 2. The largest absolute Gasteiger partial charge is 0.384 e. The lowest BCUT2D eigenvalue weighted by atomic mass is 10.1. The van der Waals surface area contributed by atoms with E-state index in [1.54, 1.807) is 6.20 Å². The highest BCUT2D eigenvalue weighted by atomic mass is 16.1. The summed E-state index contributed by atoms with van der Waals surface area (Å²) in [7, 11) is 0. The number of hydrogen-bond donors (Lipinski definition) is 3. The highest BCUT2D eigenvalue weighted by Crippen LogP contribution is 2.06. The third kappa shape index (κ3) is 3.35. The number of aromatic amines is 1. The number of H-pyrrole nitrogens is 1. The highest BCUT2D eigenvalue weighted by Gasteiger charge is 2.05. The fourth-order valence-corrected chi connectivity index (χ4v) is 1.65. The first kappa shape index (κ1) is 12.2. The van der Waals surface area contributed by atoms with Gasteiger partial charge in [-0.25, -0.2) is 0 Å². The molecule has 5 heteroatoms. The van der Waals surface area contributed by atoms with Crippen molar-refractivity contribution in [3.8, 4) is 0 Å². The summed E-state index contributed by atoms with van der Waals surface area (Å²) >= 11 is 0.